The van der Waals surface area contributed by atoms with Crippen LogP contribution in [-0.4, -0.2) is 49.1 Å². The molecule has 0 saturated carbocycles. The first-order chi connectivity index (χ1) is 10.1. The predicted octanol–water partition coefficient (Wildman–Crippen LogP) is 1.30. The number of oxazole rings is 1. The number of aliphatic imine (C=N–C) groups is 1. The zero-order chi connectivity index (χ0) is 15.2. The van der Waals surface area contributed by atoms with Crippen molar-refractivity contribution in [2.24, 2.45) is 10.9 Å². The molecule has 1 aromatic rings. The molecule has 118 valence electrons. The monoisotopic (exact) mass is 293 g/mol. The summed E-state index contributed by atoms with van der Waals surface area (Å²) in [5, 5.41) is 6.63. The van der Waals surface area contributed by atoms with Gasteiger partial charge in [-0.3, -0.25) is 4.99 Å². The van der Waals surface area contributed by atoms with Gasteiger partial charge in [0.05, 0.1) is 12.2 Å². The number of guanidine groups is 1. The van der Waals surface area contributed by atoms with Gasteiger partial charge in [0.25, 0.3) is 0 Å². The van der Waals surface area contributed by atoms with Gasteiger partial charge in [0.1, 0.15) is 5.76 Å². The highest BCUT2D eigenvalue weighted by molar-refractivity contribution is 5.79. The molecule has 0 radical (unpaired) electrons. The lowest BCUT2D eigenvalue weighted by Gasteiger charge is -2.15. The molecule has 0 aliphatic carbocycles. The van der Waals surface area contributed by atoms with Crippen molar-refractivity contribution in [1.82, 2.24) is 20.5 Å². The Balaban J connectivity index is 1.73. The Kier molecular flexibility index (Phi) is 5.61. The summed E-state index contributed by atoms with van der Waals surface area (Å²) in [4.78, 5) is 11.1. The van der Waals surface area contributed by atoms with E-state index in [1.54, 1.807) is 7.05 Å². The smallest absolute Gasteiger partial charge is 0.214 e. The second-order valence-electron chi connectivity index (χ2n) is 5.60. The third kappa shape index (κ3) is 4.46. The van der Waals surface area contributed by atoms with E-state index in [0.29, 0.717) is 18.4 Å². The molecule has 21 heavy (non-hydrogen) atoms. The number of hydrogen-bond acceptors (Lipinski definition) is 4. The van der Waals surface area contributed by atoms with E-state index in [4.69, 9.17) is 4.42 Å². The lowest BCUT2D eigenvalue weighted by Crippen LogP contribution is -2.40. The van der Waals surface area contributed by atoms with E-state index < -0.39 is 0 Å². The van der Waals surface area contributed by atoms with E-state index in [1.807, 2.05) is 13.8 Å². The second kappa shape index (κ2) is 7.45. The minimum absolute atomic E-state index is 0.556. The van der Waals surface area contributed by atoms with Gasteiger partial charge in [0.15, 0.2) is 5.96 Å². The average molecular weight is 293 g/mol. The summed E-state index contributed by atoms with van der Waals surface area (Å²) in [6, 6.07) is 0. The summed E-state index contributed by atoms with van der Waals surface area (Å²) in [7, 11) is 1.79. The van der Waals surface area contributed by atoms with Crippen molar-refractivity contribution in [3.8, 4) is 0 Å². The van der Waals surface area contributed by atoms with Gasteiger partial charge in [-0.1, -0.05) is 6.92 Å². The first-order valence-corrected chi connectivity index (χ1v) is 7.72. The molecule has 2 N–H and O–H groups in total. The van der Waals surface area contributed by atoms with Gasteiger partial charge in [-0.15, -0.1) is 0 Å². The molecule has 2 heterocycles. The van der Waals surface area contributed by atoms with Crippen molar-refractivity contribution in [2.45, 2.75) is 33.7 Å². The topological polar surface area (TPSA) is 65.7 Å². The zero-order valence-electron chi connectivity index (χ0n) is 13.6. The largest absolute Gasteiger partial charge is 0.444 e. The molecular weight excluding hydrogens is 266 g/mol. The molecule has 0 spiro atoms. The Morgan fingerprint density at radius 2 is 2.24 bits per heavy atom. The lowest BCUT2D eigenvalue weighted by molar-refractivity contribution is 0.341. The van der Waals surface area contributed by atoms with Gasteiger partial charge in [-0.05, 0) is 39.3 Å². The quantitative estimate of drug-likeness (QED) is 0.633. The fraction of sp³-hybridized carbons (Fsp3) is 0.733. The molecule has 1 atom stereocenters. The summed E-state index contributed by atoms with van der Waals surface area (Å²) in [6.45, 7) is 11.2. The third-order valence-electron chi connectivity index (χ3n) is 4.08. The molecule has 6 nitrogen and oxygen atoms in total. The van der Waals surface area contributed by atoms with Crippen molar-refractivity contribution in [3.63, 3.8) is 0 Å². The van der Waals surface area contributed by atoms with Crippen LogP contribution in [0.15, 0.2) is 9.41 Å². The summed E-state index contributed by atoms with van der Waals surface area (Å²) in [5.41, 5.74) is 0.945. The molecule has 1 aliphatic rings. The van der Waals surface area contributed by atoms with Crippen LogP contribution in [0.4, 0.5) is 0 Å². The first-order valence-electron chi connectivity index (χ1n) is 7.72. The van der Waals surface area contributed by atoms with Crippen molar-refractivity contribution >= 4 is 5.96 Å². The van der Waals surface area contributed by atoms with Gasteiger partial charge >= 0.3 is 0 Å². The van der Waals surface area contributed by atoms with Crippen LogP contribution in [0.2, 0.25) is 0 Å². The van der Waals surface area contributed by atoms with Gasteiger partial charge in [-0.2, -0.15) is 0 Å². The van der Waals surface area contributed by atoms with Crippen molar-refractivity contribution < 1.29 is 4.42 Å². The normalized spacial score (nSPS) is 20.0. The van der Waals surface area contributed by atoms with E-state index in [-0.39, 0.29) is 0 Å². The van der Waals surface area contributed by atoms with E-state index >= 15 is 0 Å². The fourth-order valence-corrected chi connectivity index (χ4v) is 2.60. The highest BCUT2D eigenvalue weighted by Gasteiger charge is 2.21. The Morgan fingerprint density at radius 3 is 2.81 bits per heavy atom. The van der Waals surface area contributed by atoms with Crippen LogP contribution in [0.5, 0.6) is 0 Å². The number of hydrogen-bond donors (Lipinski definition) is 2. The summed E-state index contributed by atoms with van der Waals surface area (Å²) >= 11 is 0. The number of rotatable bonds is 5. The van der Waals surface area contributed by atoms with Crippen LogP contribution in [-0.2, 0) is 6.54 Å². The summed E-state index contributed by atoms with van der Waals surface area (Å²) < 4.78 is 5.55. The van der Waals surface area contributed by atoms with Crippen LogP contribution < -0.4 is 10.6 Å². The molecule has 0 amide bonds. The van der Waals surface area contributed by atoms with Gasteiger partial charge < -0.3 is 20.0 Å². The summed E-state index contributed by atoms with van der Waals surface area (Å²) in [5.74, 6) is 3.08. The van der Waals surface area contributed by atoms with E-state index in [0.717, 1.165) is 30.5 Å². The average Bonchev–Trinajstić information content (AvgIpc) is 3.06. The number of nitrogens with one attached hydrogen (secondary N) is 2. The van der Waals surface area contributed by atoms with E-state index in [1.165, 1.54) is 19.5 Å². The molecule has 0 bridgehead atoms. The minimum Gasteiger partial charge on any atom is -0.444 e. The number of aryl methyl sites for hydroxylation is 2. The van der Waals surface area contributed by atoms with Crippen LogP contribution in [0.1, 0.15) is 30.7 Å². The molecule has 1 fully saturated rings. The molecule has 2 rings (SSSR count). The molecule has 1 aromatic heterocycles. The van der Waals surface area contributed by atoms with Crippen molar-refractivity contribution in [1.29, 1.82) is 0 Å². The highest BCUT2D eigenvalue weighted by atomic mass is 16.4. The maximum Gasteiger partial charge on any atom is 0.214 e. The molecule has 0 aromatic carbocycles. The highest BCUT2D eigenvalue weighted by Crippen LogP contribution is 2.14. The minimum atomic E-state index is 0.556. The SMILES string of the molecule is CCN1CCC(CNC(=NC)NCc2nc(C)c(C)o2)C1. The Labute approximate surface area is 127 Å². The molecule has 1 saturated heterocycles. The number of aromatic nitrogens is 1. The van der Waals surface area contributed by atoms with Crippen LogP contribution in [0, 0.1) is 19.8 Å². The van der Waals surface area contributed by atoms with Crippen molar-refractivity contribution in [3.05, 3.63) is 17.3 Å². The molecular formula is C15H27N5O. The Hall–Kier alpha value is -1.56. The maximum absolute atomic E-state index is 5.55. The van der Waals surface area contributed by atoms with Crippen molar-refractivity contribution in [2.75, 3.05) is 33.2 Å². The van der Waals surface area contributed by atoms with Crippen LogP contribution in [0.25, 0.3) is 0 Å². The van der Waals surface area contributed by atoms with Crippen LogP contribution >= 0.6 is 0 Å². The molecule has 1 unspecified atom stereocenters. The van der Waals surface area contributed by atoms with E-state index in [9.17, 15) is 0 Å². The standard InChI is InChI=1S/C15H27N5O/c1-5-20-7-6-13(10-20)8-17-15(16-4)18-9-14-19-11(2)12(3)21-14/h13H,5-10H2,1-4H3,(H2,16,17,18). The Bertz CT molecular complexity index is 463. The van der Waals surface area contributed by atoms with Gasteiger partial charge in [-0.25, -0.2) is 4.98 Å². The lowest BCUT2D eigenvalue weighted by atomic mass is 10.1. The maximum atomic E-state index is 5.55. The van der Waals surface area contributed by atoms with E-state index in [2.05, 4.69) is 32.4 Å². The third-order valence-corrected chi connectivity index (χ3v) is 4.08. The predicted molar refractivity (Wildman–Crippen MR) is 84.4 cm³/mol. The summed E-state index contributed by atoms with van der Waals surface area (Å²) in [6.07, 6.45) is 1.26. The van der Waals surface area contributed by atoms with Gasteiger partial charge in [0, 0.05) is 20.1 Å². The van der Waals surface area contributed by atoms with Gasteiger partial charge in [0.2, 0.25) is 5.89 Å². The second-order valence-corrected chi connectivity index (χ2v) is 5.60. The number of nitrogens with zero attached hydrogens (tertiary/aromatic N) is 3. The zero-order valence-corrected chi connectivity index (χ0v) is 13.6. The Morgan fingerprint density at radius 1 is 1.43 bits per heavy atom. The molecule has 6 heteroatoms. The van der Waals surface area contributed by atoms with Crippen LogP contribution in [0.3, 0.4) is 0 Å². The molecule has 1 aliphatic heterocycles. The first kappa shape index (κ1) is 15.8. The fourth-order valence-electron chi connectivity index (χ4n) is 2.60. The number of likely N-dealkylation sites (tertiary alicyclic amines) is 1.